The van der Waals surface area contributed by atoms with Crippen LogP contribution in [-0.2, 0) is 0 Å². The number of fused-ring (bicyclic) bond motifs is 1. The van der Waals surface area contributed by atoms with Crippen LogP contribution in [0.4, 0.5) is 5.69 Å². The van der Waals surface area contributed by atoms with Gasteiger partial charge in [-0.3, -0.25) is 14.5 Å². The first kappa shape index (κ1) is 14.6. The molecule has 0 aromatic heterocycles. The van der Waals surface area contributed by atoms with Gasteiger partial charge in [-0.25, -0.2) is 0 Å². The molecule has 0 aliphatic carbocycles. The zero-order chi connectivity index (χ0) is 15.7. The lowest BCUT2D eigenvalue weighted by molar-refractivity contribution is 0.0666. The molecule has 0 saturated heterocycles. The maximum absolute atomic E-state index is 12.3. The molecule has 0 bridgehead atoms. The van der Waals surface area contributed by atoms with Gasteiger partial charge in [0.1, 0.15) is 5.75 Å². The number of anilines is 1. The third-order valence-electron chi connectivity index (χ3n) is 3.46. The third-order valence-corrected chi connectivity index (χ3v) is 3.96. The standard InChI is InChI=1S/C16H13BrN2O3/c1-22-12-5-3-11(4-6-12)18-9-19-15(20)13-7-2-10(17)8-14(13)16(19)21/h2-8,18H,9H2,1H3. The molecule has 1 heterocycles. The molecular weight excluding hydrogens is 348 g/mol. The molecule has 5 nitrogen and oxygen atoms in total. The number of imide groups is 1. The Balaban J connectivity index is 1.74. The van der Waals surface area contributed by atoms with Crippen LogP contribution in [0.2, 0.25) is 0 Å². The van der Waals surface area contributed by atoms with E-state index in [1.54, 1.807) is 25.3 Å². The molecule has 0 spiro atoms. The molecule has 0 unspecified atom stereocenters. The number of nitrogens with zero attached hydrogens (tertiary/aromatic N) is 1. The summed E-state index contributed by atoms with van der Waals surface area (Å²) in [6.45, 7) is 0.121. The zero-order valence-corrected chi connectivity index (χ0v) is 13.4. The molecule has 2 aromatic rings. The molecule has 6 heteroatoms. The zero-order valence-electron chi connectivity index (χ0n) is 11.8. The summed E-state index contributed by atoms with van der Waals surface area (Å²) in [7, 11) is 1.60. The highest BCUT2D eigenvalue weighted by atomic mass is 79.9. The van der Waals surface area contributed by atoms with Crippen LogP contribution in [0.25, 0.3) is 0 Å². The number of halogens is 1. The second-order valence-corrected chi connectivity index (χ2v) is 5.71. The number of rotatable bonds is 4. The summed E-state index contributed by atoms with van der Waals surface area (Å²) in [4.78, 5) is 25.8. The maximum Gasteiger partial charge on any atom is 0.263 e. The van der Waals surface area contributed by atoms with Crippen LogP contribution >= 0.6 is 15.9 Å². The maximum atomic E-state index is 12.3. The lowest BCUT2D eigenvalue weighted by Gasteiger charge is -2.15. The van der Waals surface area contributed by atoms with Gasteiger partial charge in [0, 0.05) is 10.2 Å². The fraction of sp³-hybridized carbons (Fsp3) is 0.125. The van der Waals surface area contributed by atoms with E-state index in [0.29, 0.717) is 11.1 Å². The molecule has 112 valence electrons. The van der Waals surface area contributed by atoms with Gasteiger partial charge in [-0.15, -0.1) is 0 Å². The van der Waals surface area contributed by atoms with Crippen LogP contribution in [0.5, 0.6) is 5.75 Å². The van der Waals surface area contributed by atoms with Crippen LogP contribution < -0.4 is 10.1 Å². The number of methoxy groups -OCH3 is 1. The van der Waals surface area contributed by atoms with E-state index in [0.717, 1.165) is 15.9 Å². The Morgan fingerprint density at radius 2 is 1.73 bits per heavy atom. The van der Waals surface area contributed by atoms with Crippen molar-refractivity contribution in [1.82, 2.24) is 4.90 Å². The van der Waals surface area contributed by atoms with Gasteiger partial charge < -0.3 is 10.1 Å². The lowest BCUT2D eigenvalue weighted by atomic mass is 10.1. The van der Waals surface area contributed by atoms with Crippen molar-refractivity contribution in [3.63, 3.8) is 0 Å². The monoisotopic (exact) mass is 360 g/mol. The third kappa shape index (κ3) is 2.57. The van der Waals surface area contributed by atoms with Gasteiger partial charge in [-0.1, -0.05) is 15.9 Å². The first-order valence-electron chi connectivity index (χ1n) is 6.64. The average Bonchev–Trinajstić information content (AvgIpc) is 2.77. The molecule has 1 aliphatic rings. The molecule has 0 saturated carbocycles. The van der Waals surface area contributed by atoms with Gasteiger partial charge >= 0.3 is 0 Å². The average molecular weight is 361 g/mol. The van der Waals surface area contributed by atoms with Crippen molar-refractivity contribution in [2.45, 2.75) is 0 Å². The predicted molar refractivity (Wildman–Crippen MR) is 86.1 cm³/mol. The minimum Gasteiger partial charge on any atom is -0.497 e. The van der Waals surface area contributed by atoms with Gasteiger partial charge in [0.15, 0.2) is 0 Å². The minimum atomic E-state index is -0.290. The largest absolute Gasteiger partial charge is 0.497 e. The fourth-order valence-electron chi connectivity index (χ4n) is 2.29. The van der Waals surface area contributed by atoms with Crippen LogP contribution in [0.3, 0.4) is 0 Å². The van der Waals surface area contributed by atoms with Gasteiger partial charge in [-0.2, -0.15) is 0 Å². The molecule has 0 radical (unpaired) electrons. The summed E-state index contributed by atoms with van der Waals surface area (Å²) in [5.41, 5.74) is 1.67. The molecule has 2 aromatic carbocycles. The predicted octanol–water partition coefficient (Wildman–Crippen LogP) is 3.12. The Morgan fingerprint density at radius 3 is 2.41 bits per heavy atom. The Morgan fingerprint density at radius 1 is 1.05 bits per heavy atom. The number of carbonyl (C=O) groups is 2. The Hall–Kier alpha value is -2.34. The highest BCUT2D eigenvalue weighted by molar-refractivity contribution is 9.10. The van der Waals surface area contributed by atoms with E-state index < -0.39 is 0 Å². The Bertz CT molecular complexity index is 744. The lowest BCUT2D eigenvalue weighted by Crippen LogP contribution is -2.34. The molecule has 1 aliphatic heterocycles. The Labute approximate surface area is 136 Å². The second kappa shape index (κ2) is 5.81. The van der Waals surface area contributed by atoms with Crippen molar-refractivity contribution in [1.29, 1.82) is 0 Å². The van der Waals surface area contributed by atoms with Crippen molar-refractivity contribution in [3.8, 4) is 5.75 Å². The van der Waals surface area contributed by atoms with E-state index in [2.05, 4.69) is 21.2 Å². The van der Waals surface area contributed by atoms with Gasteiger partial charge in [0.2, 0.25) is 0 Å². The molecule has 0 atom stereocenters. The second-order valence-electron chi connectivity index (χ2n) is 4.79. The van der Waals surface area contributed by atoms with Crippen LogP contribution in [0.1, 0.15) is 20.7 Å². The van der Waals surface area contributed by atoms with E-state index in [4.69, 9.17) is 4.74 Å². The SMILES string of the molecule is COc1ccc(NCN2C(=O)c3ccc(Br)cc3C2=O)cc1. The summed E-state index contributed by atoms with van der Waals surface area (Å²) in [5.74, 6) is 0.173. The number of hydrogen-bond donors (Lipinski definition) is 1. The number of hydrogen-bond acceptors (Lipinski definition) is 4. The number of amides is 2. The quantitative estimate of drug-likeness (QED) is 0.851. The van der Waals surface area contributed by atoms with Crippen molar-refractivity contribution >= 4 is 33.4 Å². The van der Waals surface area contributed by atoms with E-state index in [9.17, 15) is 9.59 Å². The van der Waals surface area contributed by atoms with Gasteiger partial charge in [0.05, 0.1) is 24.9 Å². The van der Waals surface area contributed by atoms with E-state index in [-0.39, 0.29) is 18.5 Å². The fourth-order valence-corrected chi connectivity index (χ4v) is 2.65. The molecule has 3 rings (SSSR count). The van der Waals surface area contributed by atoms with Crippen LogP contribution in [0.15, 0.2) is 46.9 Å². The number of benzene rings is 2. The first-order chi connectivity index (χ1) is 10.6. The topological polar surface area (TPSA) is 58.6 Å². The van der Waals surface area contributed by atoms with Crippen molar-refractivity contribution in [2.24, 2.45) is 0 Å². The molecule has 22 heavy (non-hydrogen) atoms. The highest BCUT2D eigenvalue weighted by Gasteiger charge is 2.35. The van der Waals surface area contributed by atoms with Crippen LogP contribution in [0, 0.1) is 0 Å². The van der Waals surface area contributed by atoms with Gasteiger partial charge in [-0.05, 0) is 42.5 Å². The number of carbonyl (C=O) groups excluding carboxylic acids is 2. The van der Waals surface area contributed by atoms with E-state index >= 15 is 0 Å². The summed E-state index contributed by atoms with van der Waals surface area (Å²) in [5, 5.41) is 3.07. The molecular formula is C16H13BrN2O3. The van der Waals surface area contributed by atoms with E-state index in [1.165, 1.54) is 4.90 Å². The van der Waals surface area contributed by atoms with Crippen molar-refractivity contribution in [2.75, 3.05) is 19.1 Å². The van der Waals surface area contributed by atoms with Crippen molar-refractivity contribution in [3.05, 3.63) is 58.1 Å². The Kier molecular flexibility index (Phi) is 3.85. The van der Waals surface area contributed by atoms with Gasteiger partial charge in [0.25, 0.3) is 11.8 Å². The summed E-state index contributed by atoms with van der Waals surface area (Å²) in [6.07, 6.45) is 0. The molecule has 2 amide bonds. The van der Waals surface area contributed by atoms with Crippen LogP contribution in [-0.4, -0.2) is 30.5 Å². The van der Waals surface area contributed by atoms with E-state index in [1.807, 2.05) is 24.3 Å². The smallest absolute Gasteiger partial charge is 0.263 e. The highest BCUT2D eigenvalue weighted by Crippen LogP contribution is 2.26. The molecule has 1 N–H and O–H groups in total. The molecule has 0 fully saturated rings. The first-order valence-corrected chi connectivity index (χ1v) is 7.43. The minimum absolute atomic E-state index is 0.121. The summed E-state index contributed by atoms with van der Waals surface area (Å²) >= 11 is 3.31. The number of ether oxygens (including phenoxy) is 1. The normalized spacial score (nSPS) is 13.3. The summed E-state index contributed by atoms with van der Waals surface area (Å²) in [6, 6.07) is 12.4. The number of nitrogens with one attached hydrogen (secondary N) is 1. The summed E-state index contributed by atoms with van der Waals surface area (Å²) < 4.78 is 5.86. The van der Waals surface area contributed by atoms with Crippen molar-refractivity contribution < 1.29 is 14.3 Å².